The third-order valence-electron chi connectivity index (χ3n) is 3.07. The summed E-state index contributed by atoms with van der Waals surface area (Å²) >= 11 is 1.65. The van der Waals surface area contributed by atoms with Crippen molar-refractivity contribution in [3.63, 3.8) is 0 Å². The van der Waals surface area contributed by atoms with E-state index in [4.69, 9.17) is 14.9 Å². The van der Waals surface area contributed by atoms with E-state index in [1.807, 2.05) is 18.7 Å². The number of aliphatic hydroxyl groups excluding tert-OH is 2. The second kappa shape index (κ2) is 13.6. The van der Waals surface area contributed by atoms with Gasteiger partial charge in [-0.25, -0.2) is 0 Å². The lowest BCUT2D eigenvalue weighted by Gasteiger charge is -2.25. The molecular formula is C15H30N2O5S. The summed E-state index contributed by atoms with van der Waals surface area (Å²) in [5.41, 5.74) is 0. The molecule has 0 aromatic heterocycles. The van der Waals surface area contributed by atoms with E-state index in [0.717, 1.165) is 5.75 Å². The number of hydrogen-bond acceptors (Lipinski definition) is 6. The molecule has 0 aliphatic heterocycles. The molecule has 0 radical (unpaired) electrons. The minimum atomic E-state index is -0.873. The van der Waals surface area contributed by atoms with Gasteiger partial charge in [0.25, 0.3) is 0 Å². The van der Waals surface area contributed by atoms with E-state index in [-0.39, 0.29) is 31.1 Å². The maximum absolute atomic E-state index is 11.6. The lowest BCUT2D eigenvalue weighted by atomic mass is 10.3. The van der Waals surface area contributed by atoms with Gasteiger partial charge in [0.15, 0.2) is 0 Å². The van der Waals surface area contributed by atoms with Crippen LogP contribution >= 0.6 is 11.8 Å². The van der Waals surface area contributed by atoms with Crippen molar-refractivity contribution < 1.29 is 24.5 Å². The molecule has 3 N–H and O–H groups in total. The van der Waals surface area contributed by atoms with Crippen LogP contribution < -0.4 is 5.32 Å². The van der Waals surface area contributed by atoms with Gasteiger partial charge in [-0.15, -0.1) is 0 Å². The van der Waals surface area contributed by atoms with Crippen LogP contribution in [0.5, 0.6) is 0 Å². The zero-order valence-corrected chi connectivity index (χ0v) is 15.1. The first-order valence-electron chi connectivity index (χ1n) is 7.86. The number of hydrogen-bond donors (Lipinski definition) is 3. The van der Waals surface area contributed by atoms with E-state index in [9.17, 15) is 9.59 Å². The Bertz CT molecular complexity index is 342. The largest absolute Gasteiger partial charge is 0.394 e. The van der Waals surface area contributed by atoms with Crippen LogP contribution in [0.1, 0.15) is 27.2 Å². The van der Waals surface area contributed by atoms with Crippen LogP contribution in [-0.4, -0.2) is 83.5 Å². The average molecular weight is 350 g/mol. The van der Waals surface area contributed by atoms with Crippen LogP contribution in [0.3, 0.4) is 0 Å². The topological polar surface area (TPSA) is 99.1 Å². The second-order valence-electron chi connectivity index (χ2n) is 5.43. The van der Waals surface area contributed by atoms with Crippen molar-refractivity contribution >= 4 is 23.6 Å². The maximum Gasteiger partial charge on any atom is 0.220 e. The molecule has 0 saturated carbocycles. The Kier molecular flexibility index (Phi) is 13.1. The normalized spacial score (nSPS) is 12.3. The van der Waals surface area contributed by atoms with Gasteiger partial charge in [0.2, 0.25) is 11.8 Å². The summed E-state index contributed by atoms with van der Waals surface area (Å²) in [6, 6.07) is 0.195. The Hall–Kier alpha value is -0.830. The first-order valence-corrected chi connectivity index (χ1v) is 9.02. The number of carbonyl (C=O) groups is 2. The molecule has 0 aliphatic rings. The molecule has 8 heteroatoms. The molecule has 7 nitrogen and oxygen atoms in total. The Morgan fingerprint density at radius 3 is 2.57 bits per heavy atom. The number of thioether (sulfide) groups is 1. The fourth-order valence-electron chi connectivity index (χ4n) is 1.83. The van der Waals surface area contributed by atoms with Crippen LogP contribution in [0.2, 0.25) is 0 Å². The molecule has 0 aliphatic carbocycles. The lowest BCUT2D eigenvalue weighted by molar-refractivity contribution is -0.130. The van der Waals surface area contributed by atoms with Crippen LogP contribution in [0.15, 0.2) is 0 Å². The lowest BCUT2D eigenvalue weighted by Crippen LogP contribution is -2.36. The third-order valence-corrected chi connectivity index (χ3v) is 4.03. The number of nitrogens with zero attached hydrogens (tertiary/aromatic N) is 1. The quantitative estimate of drug-likeness (QED) is 0.400. The van der Waals surface area contributed by atoms with Gasteiger partial charge in [-0.05, 0) is 13.8 Å². The molecule has 23 heavy (non-hydrogen) atoms. The summed E-state index contributed by atoms with van der Waals surface area (Å²) in [5.74, 6) is 1.55. The molecule has 2 amide bonds. The summed E-state index contributed by atoms with van der Waals surface area (Å²) in [6.45, 7) is 6.65. The zero-order chi connectivity index (χ0) is 17.7. The second-order valence-corrected chi connectivity index (χ2v) is 6.65. The standard InChI is InChI=1S/C15H30N2O5S/c1-12(2)17(13(3)19)6-9-23-8-4-15(21)16-5-7-22-11-14(20)10-18/h12,14,18,20H,4-11H2,1-3H3,(H,16,21). The van der Waals surface area contributed by atoms with E-state index in [1.165, 1.54) is 0 Å². The molecule has 0 heterocycles. The first-order chi connectivity index (χ1) is 10.9. The highest BCUT2D eigenvalue weighted by Crippen LogP contribution is 2.06. The van der Waals surface area contributed by atoms with Crippen molar-refractivity contribution in [3.05, 3.63) is 0 Å². The summed E-state index contributed by atoms with van der Waals surface area (Å²) < 4.78 is 5.08. The van der Waals surface area contributed by atoms with Gasteiger partial charge in [0, 0.05) is 44.0 Å². The molecule has 136 valence electrons. The number of nitrogens with one attached hydrogen (secondary N) is 1. The van der Waals surface area contributed by atoms with Crippen molar-refractivity contribution in [2.24, 2.45) is 0 Å². The van der Waals surface area contributed by atoms with Crippen LogP contribution in [-0.2, 0) is 14.3 Å². The number of carbonyl (C=O) groups excluding carboxylic acids is 2. The van der Waals surface area contributed by atoms with E-state index in [0.29, 0.717) is 31.9 Å². The Morgan fingerprint density at radius 1 is 1.30 bits per heavy atom. The summed E-state index contributed by atoms with van der Waals surface area (Å²) in [6.07, 6.45) is -0.450. The van der Waals surface area contributed by atoms with E-state index < -0.39 is 6.10 Å². The Labute approximate surface area is 142 Å². The summed E-state index contributed by atoms with van der Waals surface area (Å²) in [4.78, 5) is 24.8. The van der Waals surface area contributed by atoms with Crippen molar-refractivity contribution in [3.8, 4) is 0 Å². The molecule has 1 atom stereocenters. The van der Waals surface area contributed by atoms with Crippen molar-refractivity contribution in [2.75, 3.05) is 44.4 Å². The number of aliphatic hydroxyl groups is 2. The minimum absolute atomic E-state index is 0.0453. The van der Waals surface area contributed by atoms with Crippen LogP contribution in [0.25, 0.3) is 0 Å². The van der Waals surface area contributed by atoms with Gasteiger partial charge in [-0.1, -0.05) is 0 Å². The van der Waals surface area contributed by atoms with Crippen LogP contribution in [0.4, 0.5) is 0 Å². The maximum atomic E-state index is 11.6. The first kappa shape index (κ1) is 22.2. The van der Waals surface area contributed by atoms with Crippen molar-refractivity contribution in [1.82, 2.24) is 10.2 Å². The average Bonchev–Trinajstić information content (AvgIpc) is 2.49. The molecule has 0 aromatic carbocycles. The van der Waals surface area contributed by atoms with Gasteiger partial charge in [0.05, 0.1) is 19.8 Å². The monoisotopic (exact) mass is 350 g/mol. The van der Waals surface area contributed by atoms with Gasteiger partial charge in [0.1, 0.15) is 6.10 Å². The van der Waals surface area contributed by atoms with E-state index in [1.54, 1.807) is 18.7 Å². The van der Waals surface area contributed by atoms with Crippen molar-refractivity contribution in [1.29, 1.82) is 0 Å². The smallest absolute Gasteiger partial charge is 0.220 e. The molecule has 1 unspecified atom stereocenters. The Morgan fingerprint density at radius 2 is 2.00 bits per heavy atom. The fraction of sp³-hybridized carbons (Fsp3) is 0.867. The zero-order valence-electron chi connectivity index (χ0n) is 14.3. The molecular weight excluding hydrogens is 320 g/mol. The summed E-state index contributed by atoms with van der Waals surface area (Å²) in [7, 11) is 0. The van der Waals surface area contributed by atoms with Crippen LogP contribution in [0, 0.1) is 0 Å². The predicted octanol–water partition coefficient (Wildman–Crippen LogP) is -0.147. The Balaban J connectivity index is 3.55. The molecule has 0 aromatic rings. The highest BCUT2D eigenvalue weighted by Gasteiger charge is 2.11. The van der Waals surface area contributed by atoms with Gasteiger partial charge in [-0.2, -0.15) is 11.8 Å². The van der Waals surface area contributed by atoms with Crippen molar-refractivity contribution in [2.45, 2.75) is 39.3 Å². The molecule has 0 saturated heterocycles. The number of amides is 2. The third kappa shape index (κ3) is 12.3. The highest BCUT2D eigenvalue weighted by atomic mass is 32.2. The highest BCUT2D eigenvalue weighted by molar-refractivity contribution is 7.99. The number of ether oxygens (including phenoxy) is 1. The van der Waals surface area contributed by atoms with Gasteiger partial charge in [-0.3, -0.25) is 9.59 Å². The predicted molar refractivity (Wildman–Crippen MR) is 91.4 cm³/mol. The molecule has 0 rings (SSSR count). The molecule has 0 fully saturated rings. The molecule has 0 spiro atoms. The van der Waals surface area contributed by atoms with E-state index in [2.05, 4.69) is 5.32 Å². The van der Waals surface area contributed by atoms with Gasteiger partial charge < -0.3 is 25.2 Å². The SMILES string of the molecule is CC(=O)N(CCSCCC(=O)NCCOCC(O)CO)C(C)C. The fourth-order valence-corrected chi connectivity index (χ4v) is 2.69. The van der Waals surface area contributed by atoms with Gasteiger partial charge >= 0.3 is 0 Å². The van der Waals surface area contributed by atoms with E-state index >= 15 is 0 Å². The molecule has 0 bridgehead atoms. The summed E-state index contributed by atoms with van der Waals surface area (Å²) in [5, 5.41) is 20.4. The number of rotatable bonds is 13. The minimum Gasteiger partial charge on any atom is -0.394 e.